The van der Waals surface area contributed by atoms with Crippen LogP contribution < -0.4 is 9.64 Å². The van der Waals surface area contributed by atoms with Gasteiger partial charge in [0.05, 0.1) is 13.2 Å². The Labute approximate surface area is 158 Å². The van der Waals surface area contributed by atoms with Crippen molar-refractivity contribution in [3.63, 3.8) is 0 Å². The molecule has 5 heteroatoms. The lowest BCUT2D eigenvalue weighted by Crippen LogP contribution is -3.16. The molecule has 1 aromatic carbocycles. The summed E-state index contributed by atoms with van der Waals surface area (Å²) in [7, 11) is 0. The molecular weight excluding hydrogens is 330 g/mol. The zero-order valence-electron chi connectivity index (χ0n) is 17.0. The van der Waals surface area contributed by atoms with E-state index in [9.17, 15) is 5.11 Å². The Balaban J connectivity index is 1.60. The van der Waals surface area contributed by atoms with Gasteiger partial charge < -0.3 is 24.2 Å². The van der Waals surface area contributed by atoms with Gasteiger partial charge in [0.25, 0.3) is 0 Å². The Morgan fingerprint density at radius 2 is 1.73 bits per heavy atom. The highest BCUT2D eigenvalue weighted by Gasteiger charge is 2.27. The Kier molecular flexibility index (Phi) is 7.89. The van der Waals surface area contributed by atoms with Crippen molar-refractivity contribution in [2.45, 2.75) is 58.3 Å². The summed E-state index contributed by atoms with van der Waals surface area (Å²) in [6.07, 6.45) is 0.0495. The van der Waals surface area contributed by atoms with Gasteiger partial charge in [-0.1, -0.05) is 32.9 Å². The molecule has 2 rings (SSSR count). The minimum atomic E-state index is -0.450. The topological polar surface area (TPSA) is 52.4 Å². The molecule has 148 valence electrons. The lowest BCUT2D eigenvalue weighted by atomic mass is 9.87. The number of hydrogen-bond donors (Lipinski definition) is 2. The number of aliphatic hydroxyl groups is 1. The van der Waals surface area contributed by atoms with Crippen molar-refractivity contribution in [1.82, 2.24) is 0 Å². The molecule has 0 bridgehead atoms. The number of nitrogens with one attached hydrogen (secondary N) is 1. The minimum Gasteiger partial charge on any atom is -0.491 e. The van der Waals surface area contributed by atoms with Gasteiger partial charge in [0.2, 0.25) is 0 Å². The Bertz CT molecular complexity index is 516. The second-order valence-corrected chi connectivity index (χ2v) is 8.47. The first-order valence-corrected chi connectivity index (χ1v) is 9.72. The third-order valence-electron chi connectivity index (χ3n) is 4.67. The van der Waals surface area contributed by atoms with E-state index in [1.807, 2.05) is 12.1 Å². The van der Waals surface area contributed by atoms with Crippen LogP contribution in [-0.4, -0.2) is 62.9 Å². The van der Waals surface area contributed by atoms with Crippen LogP contribution in [0.3, 0.4) is 0 Å². The van der Waals surface area contributed by atoms with Crippen molar-refractivity contribution in [3.05, 3.63) is 29.8 Å². The van der Waals surface area contributed by atoms with E-state index >= 15 is 0 Å². The molecule has 1 heterocycles. The first kappa shape index (κ1) is 21.2. The molecular formula is C21H36NO4+. The maximum Gasteiger partial charge on any atom is 0.126 e. The quantitative estimate of drug-likeness (QED) is 0.684. The predicted molar refractivity (Wildman–Crippen MR) is 103 cm³/mol. The number of aliphatic hydroxyl groups excluding tert-OH is 1. The van der Waals surface area contributed by atoms with Gasteiger partial charge in [-0.3, -0.25) is 0 Å². The fourth-order valence-electron chi connectivity index (χ4n) is 3.44. The van der Waals surface area contributed by atoms with Crippen LogP contribution in [0, 0.1) is 0 Å². The summed E-state index contributed by atoms with van der Waals surface area (Å²) in [5.74, 6) is 0.850. The fourth-order valence-corrected chi connectivity index (χ4v) is 3.44. The smallest absolute Gasteiger partial charge is 0.126 e. The molecule has 26 heavy (non-hydrogen) atoms. The average Bonchev–Trinajstić information content (AvgIpc) is 2.53. The van der Waals surface area contributed by atoms with Gasteiger partial charge in [-0.25, -0.2) is 0 Å². The van der Waals surface area contributed by atoms with Crippen molar-refractivity contribution < 1.29 is 24.2 Å². The summed E-state index contributed by atoms with van der Waals surface area (Å²) < 4.78 is 17.0. The van der Waals surface area contributed by atoms with E-state index in [2.05, 4.69) is 46.8 Å². The maximum atomic E-state index is 10.2. The molecule has 1 saturated heterocycles. The molecule has 0 radical (unpaired) electrons. The summed E-state index contributed by atoms with van der Waals surface area (Å²) >= 11 is 0. The third kappa shape index (κ3) is 7.23. The maximum absolute atomic E-state index is 10.2. The highest BCUT2D eigenvalue weighted by Crippen LogP contribution is 2.24. The molecule has 0 aromatic heterocycles. The second-order valence-electron chi connectivity index (χ2n) is 8.47. The highest BCUT2D eigenvalue weighted by atomic mass is 16.5. The highest BCUT2D eigenvalue weighted by molar-refractivity contribution is 5.31. The number of benzene rings is 1. The number of ether oxygens (including phenoxy) is 3. The first-order chi connectivity index (χ1) is 12.2. The SMILES string of the molecule is C[C@@H]1C[NH+](C[C@H](O)COCCOc2ccc(C(C)(C)C)cc2)C[C@H](C)O1. The van der Waals surface area contributed by atoms with E-state index in [4.69, 9.17) is 14.2 Å². The molecule has 0 aliphatic carbocycles. The predicted octanol–water partition coefficient (Wildman–Crippen LogP) is 1.43. The molecule has 4 atom stereocenters. The summed E-state index contributed by atoms with van der Waals surface area (Å²) in [5, 5.41) is 10.2. The Morgan fingerprint density at radius 1 is 1.12 bits per heavy atom. The van der Waals surface area contributed by atoms with E-state index in [0.29, 0.717) is 26.4 Å². The number of rotatable bonds is 8. The standard InChI is InChI=1S/C21H35NO4/c1-16-12-22(13-17(2)26-16)14-19(23)15-24-10-11-25-20-8-6-18(7-9-20)21(3,4)5/h6-9,16-17,19,23H,10-15H2,1-5H3/p+1/t16-,17+,19-/m0/s1. The van der Waals surface area contributed by atoms with E-state index in [1.165, 1.54) is 10.5 Å². The van der Waals surface area contributed by atoms with Gasteiger partial charge in [0, 0.05) is 0 Å². The molecule has 5 nitrogen and oxygen atoms in total. The molecule has 2 N–H and O–H groups in total. The fraction of sp³-hybridized carbons (Fsp3) is 0.714. The molecule has 1 aliphatic rings. The number of morpholine rings is 1. The lowest BCUT2D eigenvalue weighted by Gasteiger charge is -2.33. The monoisotopic (exact) mass is 366 g/mol. The van der Waals surface area contributed by atoms with Crippen LogP contribution in [0.15, 0.2) is 24.3 Å². The van der Waals surface area contributed by atoms with E-state index in [-0.39, 0.29) is 17.6 Å². The van der Waals surface area contributed by atoms with Crippen LogP contribution >= 0.6 is 0 Å². The van der Waals surface area contributed by atoms with Gasteiger partial charge in [0.15, 0.2) is 0 Å². The van der Waals surface area contributed by atoms with E-state index in [1.54, 1.807) is 0 Å². The van der Waals surface area contributed by atoms with Crippen molar-refractivity contribution in [1.29, 1.82) is 0 Å². The number of quaternary nitrogens is 1. The molecule has 1 unspecified atom stereocenters. The van der Waals surface area contributed by atoms with E-state index < -0.39 is 6.10 Å². The molecule has 1 aromatic rings. The lowest BCUT2D eigenvalue weighted by molar-refractivity contribution is -0.918. The van der Waals surface area contributed by atoms with Crippen LogP contribution in [0.2, 0.25) is 0 Å². The molecule has 1 aliphatic heterocycles. The van der Waals surface area contributed by atoms with Gasteiger partial charge in [0.1, 0.15) is 50.3 Å². The average molecular weight is 367 g/mol. The molecule has 0 amide bonds. The zero-order valence-corrected chi connectivity index (χ0v) is 17.0. The number of hydrogen-bond acceptors (Lipinski definition) is 4. The van der Waals surface area contributed by atoms with Gasteiger partial charge >= 0.3 is 0 Å². The third-order valence-corrected chi connectivity index (χ3v) is 4.67. The van der Waals surface area contributed by atoms with Crippen LogP contribution in [0.1, 0.15) is 40.2 Å². The summed E-state index contributed by atoms with van der Waals surface area (Å²) in [5.41, 5.74) is 1.44. The Hall–Kier alpha value is -1.14. The minimum absolute atomic E-state index is 0.149. The second kappa shape index (κ2) is 9.70. The summed E-state index contributed by atoms with van der Waals surface area (Å²) in [6.45, 7) is 14.7. The largest absolute Gasteiger partial charge is 0.491 e. The van der Waals surface area contributed by atoms with Gasteiger partial charge in [-0.05, 0) is 37.0 Å². The summed E-state index contributed by atoms with van der Waals surface area (Å²) in [6, 6.07) is 8.21. The van der Waals surface area contributed by atoms with Crippen molar-refractivity contribution in [3.8, 4) is 5.75 Å². The van der Waals surface area contributed by atoms with Crippen LogP contribution in [0.25, 0.3) is 0 Å². The van der Waals surface area contributed by atoms with Gasteiger partial charge in [-0.15, -0.1) is 0 Å². The van der Waals surface area contributed by atoms with E-state index in [0.717, 1.165) is 18.8 Å². The molecule has 1 fully saturated rings. The zero-order chi connectivity index (χ0) is 19.2. The van der Waals surface area contributed by atoms with Crippen molar-refractivity contribution in [2.75, 3.05) is 39.5 Å². The Morgan fingerprint density at radius 3 is 2.31 bits per heavy atom. The first-order valence-electron chi connectivity index (χ1n) is 9.72. The van der Waals surface area contributed by atoms with Gasteiger partial charge in [-0.2, -0.15) is 0 Å². The molecule has 0 saturated carbocycles. The normalized spacial score (nSPS) is 25.1. The van der Waals surface area contributed by atoms with Crippen molar-refractivity contribution in [2.24, 2.45) is 0 Å². The molecule has 0 spiro atoms. The summed E-state index contributed by atoms with van der Waals surface area (Å²) in [4.78, 5) is 1.38. The van der Waals surface area contributed by atoms with Crippen LogP contribution in [0.4, 0.5) is 0 Å². The van der Waals surface area contributed by atoms with Crippen LogP contribution in [-0.2, 0) is 14.9 Å². The van der Waals surface area contributed by atoms with Crippen LogP contribution in [0.5, 0.6) is 5.75 Å². The van der Waals surface area contributed by atoms with Crippen molar-refractivity contribution >= 4 is 0 Å².